The number of amides is 2. The van der Waals surface area contributed by atoms with Crippen LogP contribution in [0.5, 0.6) is 0 Å². The summed E-state index contributed by atoms with van der Waals surface area (Å²) in [5.41, 5.74) is 1.36. The van der Waals surface area contributed by atoms with E-state index in [4.69, 9.17) is 0 Å². The number of hydrogen-bond acceptors (Lipinski definition) is 3. The predicted octanol–water partition coefficient (Wildman–Crippen LogP) is 4.07. The highest BCUT2D eigenvalue weighted by atomic mass is 32.2. The largest absolute Gasteiger partial charge is 0.352 e. The molecule has 5 heteroatoms. The second-order valence-corrected chi connectivity index (χ2v) is 7.12. The van der Waals surface area contributed by atoms with Gasteiger partial charge >= 0.3 is 0 Å². The second-order valence-electron chi connectivity index (χ2n) is 5.98. The third-order valence-electron chi connectivity index (χ3n) is 4.20. The molecule has 0 bridgehead atoms. The number of fused-ring (bicyclic) bond motifs is 1. The van der Waals surface area contributed by atoms with Crippen LogP contribution in [-0.2, 0) is 4.79 Å². The average molecular weight is 334 g/mol. The average Bonchev–Trinajstić information content (AvgIpc) is 2.74. The Kier molecular flexibility index (Phi) is 6.96. The summed E-state index contributed by atoms with van der Waals surface area (Å²) in [6.45, 7) is 5.07. The van der Waals surface area contributed by atoms with Crippen LogP contribution in [0.4, 0.5) is 5.69 Å². The van der Waals surface area contributed by atoms with E-state index < -0.39 is 0 Å². The van der Waals surface area contributed by atoms with E-state index in [2.05, 4.69) is 24.5 Å². The Labute approximate surface area is 142 Å². The maximum absolute atomic E-state index is 12.4. The molecule has 4 nitrogen and oxygen atoms in total. The number of thioether (sulfide) groups is 1. The van der Waals surface area contributed by atoms with Crippen LogP contribution in [0, 0.1) is 5.92 Å². The van der Waals surface area contributed by atoms with Crippen molar-refractivity contribution < 1.29 is 9.59 Å². The predicted molar refractivity (Wildman–Crippen MR) is 96.1 cm³/mol. The van der Waals surface area contributed by atoms with Crippen molar-refractivity contribution >= 4 is 29.3 Å². The summed E-state index contributed by atoms with van der Waals surface area (Å²) < 4.78 is 0. The lowest BCUT2D eigenvalue weighted by Gasteiger charge is -2.16. The molecule has 1 unspecified atom stereocenters. The topological polar surface area (TPSA) is 58.2 Å². The summed E-state index contributed by atoms with van der Waals surface area (Å²) in [4.78, 5) is 25.0. The highest BCUT2D eigenvalue weighted by Crippen LogP contribution is 2.31. The summed E-state index contributed by atoms with van der Waals surface area (Å²) in [5.74, 6) is 1.26. The Balaban J connectivity index is 1.98. The smallest absolute Gasteiger partial charge is 0.251 e. The van der Waals surface area contributed by atoms with E-state index in [1.54, 1.807) is 17.8 Å². The summed E-state index contributed by atoms with van der Waals surface area (Å²) in [5, 5.41) is 5.92. The third kappa shape index (κ3) is 5.27. The maximum atomic E-state index is 12.4. The van der Waals surface area contributed by atoms with Gasteiger partial charge in [-0.25, -0.2) is 0 Å². The molecule has 2 N–H and O–H groups in total. The van der Waals surface area contributed by atoms with Crippen LogP contribution in [0.1, 0.15) is 56.3 Å². The maximum Gasteiger partial charge on any atom is 0.251 e. The standard InChI is InChI=1S/C18H26N2O2S/c1-3-5-6-13(4-2)12-19-18(22)14-7-8-16-15(11-14)20-17(21)9-10-23-16/h7-8,11,13H,3-6,9-10,12H2,1-2H3,(H,19,22)(H,20,21). The summed E-state index contributed by atoms with van der Waals surface area (Å²) in [7, 11) is 0. The van der Waals surface area contributed by atoms with E-state index in [-0.39, 0.29) is 11.8 Å². The quantitative estimate of drug-likeness (QED) is 0.790. The summed E-state index contributed by atoms with van der Waals surface area (Å²) in [6.07, 6.45) is 5.14. The minimum Gasteiger partial charge on any atom is -0.352 e. The van der Waals surface area contributed by atoms with Gasteiger partial charge in [-0.3, -0.25) is 9.59 Å². The van der Waals surface area contributed by atoms with Gasteiger partial charge < -0.3 is 10.6 Å². The van der Waals surface area contributed by atoms with Crippen molar-refractivity contribution in [3.63, 3.8) is 0 Å². The number of carbonyl (C=O) groups is 2. The van der Waals surface area contributed by atoms with Gasteiger partial charge in [0.25, 0.3) is 5.91 Å². The molecule has 0 aliphatic carbocycles. The molecule has 23 heavy (non-hydrogen) atoms. The monoisotopic (exact) mass is 334 g/mol. The van der Waals surface area contributed by atoms with Gasteiger partial charge in [0.2, 0.25) is 5.91 Å². The lowest BCUT2D eigenvalue weighted by atomic mass is 9.99. The van der Waals surface area contributed by atoms with Gasteiger partial charge in [-0.1, -0.05) is 33.1 Å². The van der Waals surface area contributed by atoms with E-state index in [9.17, 15) is 9.59 Å². The number of rotatable bonds is 7. The molecule has 0 radical (unpaired) electrons. The van der Waals surface area contributed by atoms with Crippen molar-refractivity contribution in [1.82, 2.24) is 5.32 Å². The molecule has 2 rings (SSSR count). The number of unbranched alkanes of at least 4 members (excludes halogenated alkanes) is 1. The molecule has 126 valence electrons. The van der Waals surface area contributed by atoms with Crippen LogP contribution >= 0.6 is 11.8 Å². The fraction of sp³-hybridized carbons (Fsp3) is 0.556. The Hall–Kier alpha value is -1.49. The van der Waals surface area contributed by atoms with E-state index in [1.807, 2.05) is 12.1 Å². The molecule has 1 atom stereocenters. The fourth-order valence-corrected chi connectivity index (χ4v) is 3.58. The number of carbonyl (C=O) groups excluding carboxylic acids is 2. The molecule has 2 amide bonds. The molecule has 1 aliphatic rings. The molecule has 1 aromatic carbocycles. The molecule has 1 heterocycles. The highest BCUT2D eigenvalue weighted by Gasteiger charge is 2.16. The molecule has 0 fully saturated rings. The Morgan fingerprint density at radius 2 is 2.22 bits per heavy atom. The molecule has 1 aromatic rings. The van der Waals surface area contributed by atoms with Gasteiger partial charge in [0.1, 0.15) is 0 Å². The minimum atomic E-state index is -0.0637. The number of hydrogen-bond donors (Lipinski definition) is 2. The third-order valence-corrected chi connectivity index (χ3v) is 5.27. The van der Waals surface area contributed by atoms with Crippen LogP contribution in [0.15, 0.2) is 23.1 Å². The van der Waals surface area contributed by atoms with Crippen LogP contribution in [0.25, 0.3) is 0 Å². The van der Waals surface area contributed by atoms with Crippen molar-refractivity contribution in [3.8, 4) is 0 Å². The van der Waals surface area contributed by atoms with E-state index >= 15 is 0 Å². The van der Waals surface area contributed by atoms with Crippen LogP contribution in [0.3, 0.4) is 0 Å². The molecular weight excluding hydrogens is 308 g/mol. The summed E-state index contributed by atoms with van der Waals surface area (Å²) >= 11 is 1.65. The lowest BCUT2D eigenvalue weighted by Crippen LogP contribution is -2.29. The van der Waals surface area contributed by atoms with Crippen molar-refractivity contribution in [1.29, 1.82) is 0 Å². The van der Waals surface area contributed by atoms with Gasteiger partial charge in [-0.2, -0.15) is 0 Å². The van der Waals surface area contributed by atoms with E-state index in [1.165, 1.54) is 12.8 Å². The summed E-state index contributed by atoms with van der Waals surface area (Å²) in [6, 6.07) is 5.55. The number of benzene rings is 1. The van der Waals surface area contributed by atoms with Crippen molar-refractivity contribution in [2.75, 3.05) is 17.6 Å². The number of anilines is 1. The molecular formula is C18H26N2O2S. The van der Waals surface area contributed by atoms with Gasteiger partial charge in [0, 0.05) is 29.2 Å². The zero-order chi connectivity index (χ0) is 16.7. The first-order valence-electron chi connectivity index (χ1n) is 8.49. The zero-order valence-corrected chi connectivity index (χ0v) is 14.8. The van der Waals surface area contributed by atoms with E-state index in [0.29, 0.717) is 24.4 Å². The van der Waals surface area contributed by atoms with Gasteiger partial charge in [-0.05, 0) is 30.5 Å². The van der Waals surface area contributed by atoms with E-state index in [0.717, 1.165) is 29.2 Å². The molecule has 0 saturated carbocycles. The first kappa shape index (κ1) is 17.9. The molecule has 1 aliphatic heterocycles. The molecule has 0 aromatic heterocycles. The normalized spacial score (nSPS) is 15.3. The minimum absolute atomic E-state index is 0.0134. The van der Waals surface area contributed by atoms with Crippen molar-refractivity contribution in [2.24, 2.45) is 5.92 Å². The van der Waals surface area contributed by atoms with Gasteiger partial charge in [-0.15, -0.1) is 11.8 Å². The van der Waals surface area contributed by atoms with Crippen LogP contribution in [0.2, 0.25) is 0 Å². The Bertz CT molecular complexity index is 560. The molecule has 0 saturated heterocycles. The van der Waals surface area contributed by atoms with Crippen molar-refractivity contribution in [3.05, 3.63) is 23.8 Å². The van der Waals surface area contributed by atoms with Gasteiger partial charge in [0.05, 0.1) is 5.69 Å². The van der Waals surface area contributed by atoms with Crippen LogP contribution in [-0.4, -0.2) is 24.1 Å². The van der Waals surface area contributed by atoms with Crippen LogP contribution < -0.4 is 10.6 Å². The zero-order valence-electron chi connectivity index (χ0n) is 14.0. The number of nitrogens with one attached hydrogen (secondary N) is 2. The Morgan fingerprint density at radius 1 is 1.39 bits per heavy atom. The van der Waals surface area contributed by atoms with Crippen molar-refractivity contribution in [2.45, 2.75) is 50.8 Å². The first-order chi connectivity index (χ1) is 11.1. The second kappa shape index (κ2) is 8.96. The first-order valence-corrected chi connectivity index (χ1v) is 9.47. The fourth-order valence-electron chi connectivity index (χ4n) is 2.64. The van der Waals surface area contributed by atoms with Gasteiger partial charge in [0.15, 0.2) is 0 Å². The SMILES string of the molecule is CCCCC(CC)CNC(=O)c1ccc2c(c1)NC(=O)CCS2. The Morgan fingerprint density at radius 3 is 2.96 bits per heavy atom. The lowest BCUT2D eigenvalue weighted by molar-refractivity contribution is -0.115. The highest BCUT2D eigenvalue weighted by molar-refractivity contribution is 7.99. The molecule has 0 spiro atoms.